The summed E-state index contributed by atoms with van der Waals surface area (Å²) >= 11 is 6.01. The molecule has 20 heavy (non-hydrogen) atoms. The van der Waals surface area contributed by atoms with Gasteiger partial charge in [-0.1, -0.05) is 11.6 Å². The van der Waals surface area contributed by atoms with Crippen LogP contribution < -0.4 is 10.9 Å². The highest BCUT2D eigenvalue weighted by atomic mass is 35.5. The number of carbonyl (C=O) groups is 1. The first-order valence-electron chi connectivity index (χ1n) is 6.71. The number of carbonyl (C=O) groups excluding carboxylic acids is 1. The largest absolute Gasteiger partial charge is 0.373 e. The second kappa shape index (κ2) is 7.28. The summed E-state index contributed by atoms with van der Waals surface area (Å²) in [4.78, 5) is 25.5. The Morgan fingerprint density at radius 1 is 1.45 bits per heavy atom. The summed E-state index contributed by atoms with van der Waals surface area (Å²) in [6, 6.07) is -0.0636. The fraction of sp³-hybridized carbons (Fsp3) is 0.615. The molecule has 1 N–H and O–H groups in total. The van der Waals surface area contributed by atoms with Gasteiger partial charge in [0.2, 0.25) is 5.91 Å². The molecule has 1 amide bonds. The SMILES string of the molecule is CCN(CC)C(=O)CNc1cnn(C(C)C)c(=O)c1Cl. The number of hydrogen-bond acceptors (Lipinski definition) is 4. The molecule has 1 rings (SSSR count). The summed E-state index contributed by atoms with van der Waals surface area (Å²) in [5.74, 6) is -0.0425. The van der Waals surface area contributed by atoms with Crippen molar-refractivity contribution < 1.29 is 4.79 Å². The highest BCUT2D eigenvalue weighted by molar-refractivity contribution is 6.33. The van der Waals surface area contributed by atoms with E-state index in [1.54, 1.807) is 4.90 Å². The van der Waals surface area contributed by atoms with Crippen molar-refractivity contribution in [2.75, 3.05) is 25.0 Å². The number of rotatable bonds is 6. The quantitative estimate of drug-likeness (QED) is 0.869. The Hall–Kier alpha value is -1.56. The topological polar surface area (TPSA) is 67.2 Å². The van der Waals surface area contributed by atoms with Crippen molar-refractivity contribution >= 4 is 23.2 Å². The molecular weight excluding hydrogens is 280 g/mol. The Morgan fingerprint density at radius 3 is 2.55 bits per heavy atom. The van der Waals surface area contributed by atoms with E-state index in [4.69, 9.17) is 11.6 Å². The van der Waals surface area contributed by atoms with Gasteiger partial charge in [0.1, 0.15) is 5.02 Å². The second-order valence-electron chi connectivity index (χ2n) is 4.64. The summed E-state index contributed by atoms with van der Waals surface area (Å²) in [7, 11) is 0. The van der Waals surface area contributed by atoms with Crippen LogP contribution in [0.25, 0.3) is 0 Å². The summed E-state index contributed by atoms with van der Waals surface area (Å²) in [6.07, 6.45) is 1.47. The lowest BCUT2D eigenvalue weighted by atomic mass is 10.3. The van der Waals surface area contributed by atoms with Crippen molar-refractivity contribution in [2.24, 2.45) is 0 Å². The minimum absolute atomic E-state index is 0.0425. The molecule has 0 fully saturated rings. The first-order valence-corrected chi connectivity index (χ1v) is 7.09. The van der Waals surface area contributed by atoms with Crippen LogP contribution in [-0.4, -0.2) is 40.2 Å². The number of likely N-dealkylation sites (N-methyl/N-ethyl adjacent to an activating group) is 1. The zero-order valence-corrected chi connectivity index (χ0v) is 13.1. The van der Waals surface area contributed by atoms with Crippen LogP contribution in [0.3, 0.4) is 0 Å². The maximum absolute atomic E-state index is 12.0. The number of halogens is 1. The van der Waals surface area contributed by atoms with Gasteiger partial charge < -0.3 is 10.2 Å². The molecule has 7 heteroatoms. The van der Waals surface area contributed by atoms with E-state index in [9.17, 15) is 9.59 Å². The Balaban J connectivity index is 2.82. The molecule has 6 nitrogen and oxygen atoms in total. The maximum atomic E-state index is 12.0. The van der Waals surface area contributed by atoms with Gasteiger partial charge in [0.25, 0.3) is 5.56 Å². The van der Waals surface area contributed by atoms with Crippen molar-refractivity contribution in [3.05, 3.63) is 21.6 Å². The molecule has 0 atom stereocenters. The third-order valence-corrected chi connectivity index (χ3v) is 3.34. The molecule has 0 radical (unpaired) electrons. The standard InChI is InChI=1S/C13H21ClN4O2/c1-5-17(6-2)11(19)8-15-10-7-16-18(9(3)4)13(20)12(10)14/h7,9,15H,5-6,8H2,1-4H3. The molecule has 0 bridgehead atoms. The Bertz CT molecular complexity index is 524. The molecule has 0 aromatic carbocycles. The third kappa shape index (κ3) is 3.72. The molecule has 1 aromatic heterocycles. The fourth-order valence-corrected chi connectivity index (χ4v) is 2.00. The van der Waals surface area contributed by atoms with Gasteiger partial charge in [-0.2, -0.15) is 5.10 Å². The summed E-state index contributed by atoms with van der Waals surface area (Å²) in [5, 5.41) is 6.96. The van der Waals surface area contributed by atoms with Gasteiger partial charge in [-0.05, 0) is 27.7 Å². The van der Waals surface area contributed by atoms with Gasteiger partial charge in [0, 0.05) is 13.1 Å². The third-order valence-electron chi connectivity index (χ3n) is 2.98. The number of aromatic nitrogens is 2. The Morgan fingerprint density at radius 2 is 2.05 bits per heavy atom. The normalized spacial score (nSPS) is 10.7. The van der Waals surface area contributed by atoms with Crippen molar-refractivity contribution in [3.63, 3.8) is 0 Å². The molecule has 0 saturated carbocycles. The van der Waals surface area contributed by atoms with Gasteiger partial charge >= 0.3 is 0 Å². The molecule has 1 heterocycles. The molecule has 0 aliphatic carbocycles. The van der Waals surface area contributed by atoms with Gasteiger partial charge in [0.05, 0.1) is 24.5 Å². The average Bonchev–Trinajstić information content (AvgIpc) is 2.41. The van der Waals surface area contributed by atoms with E-state index in [2.05, 4.69) is 10.4 Å². The van der Waals surface area contributed by atoms with E-state index in [-0.39, 0.29) is 29.1 Å². The van der Waals surface area contributed by atoms with Crippen LogP contribution in [0.2, 0.25) is 5.02 Å². The van der Waals surface area contributed by atoms with Crippen molar-refractivity contribution in [3.8, 4) is 0 Å². The fourth-order valence-electron chi connectivity index (χ4n) is 1.79. The summed E-state index contributed by atoms with van der Waals surface area (Å²) in [5.41, 5.74) is 0.0241. The molecule has 0 spiro atoms. The van der Waals surface area contributed by atoms with Crippen molar-refractivity contribution in [1.82, 2.24) is 14.7 Å². The number of hydrogen-bond donors (Lipinski definition) is 1. The van der Waals surface area contributed by atoms with E-state index in [0.717, 1.165) is 0 Å². The lowest BCUT2D eigenvalue weighted by Crippen LogP contribution is -2.35. The summed E-state index contributed by atoms with van der Waals surface area (Å²) in [6.45, 7) is 8.92. The molecule has 0 aliphatic rings. The van der Waals surface area contributed by atoms with Crippen LogP contribution in [0.15, 0.2) is 11.0 Å². The van der Waals surface area contributed by atoms with Crippen molar-refractivity contribution in [2.45, 2.75) is 33.7 Å². The predicted molar refractivity (Wildman–Crippen MR) is 80.3 cm³/mol. The number of nitrogens with one attached hydrogen (secondary N) is 1. The zero-order chi connectivity index (χ0) is 15.3. The van der Waals surface area contributed by atoms with E-state index < -0.39 is 0 Å². The van der Waals surface area contributed by atoms with Gasteiger partial charge in [-0.3, -0.25) is 9.59 Å². The van der Waals surface area contributed by atoms with Crippen LogP contribution in [0, 0.1) is 0 Å². The maximum Gasteiger partial charge on any atom is 0.287 e. The second-order valence-corrected chi connectivity index (χ2v) is 5.01. The number of amides is 1. The van der Waals surface area contributed by atoms with Crippen LogP contribution in [-0.2, 0) is 4.79 Å². The van der Waals surface area contributed by atoms with E-state index >= 15 is 0 Å². The molecule has 0 saturated heterocycles. The van der Waals surface area contributed by atoms with Gasteiger partial charge in [-0.15, -0.1) is 0 Å². The van der Waals surface area contributed by atoms with E-state index in [0.29, 0.717) is 18.8 Å². The minimum atomic E-state index is -0.359. The first-order chi connectivity index (χ1) is 9.42. The molecule has 0 unspecified atom stereocenters. The monoisotopic (exact) mass is 300 g/mol. The molecule has 112 valence electrons. The molecular formula is C13H21ClN4O2. The van der Waals surface area contributed by atoms with Gasteiger partial charge in [0.15, 0.2) is 0 Å². The number of anilines is 1. The van der Waals surface area contributed by atoms with Crippen LogP contribution in [0.1, 0.15) is 33.7 Å². The summed E-state index contributed by atoms with van der Waals surface area (Å²) < 4.78 is 1.31. The van der Waals surface area contributed by atoms with Gasteiger partial charge in [-0.25, -0.2) is 4.68 Å². The van der Waals surface area contributed by atoms with E-state index in [1.165, 1.54) is 10.9 Å². The first kappa shape index (κ1) is 16.5. The number of nitrogens with zero attached hydrogens (tertiary/aromatic N) is 3. The van der Waals surface area contributed by atoms with Crippen LogP contribution in [0.5, 0.6) is 0 Å². The smallest absolute Gasteiger partial charge is 0.287 e. The Labute approximate surface area is 123 Å². The highest BCUT2D eigenvalue weighted by Crippen LogP contribution is 2.16. The van der Waals surface area contributed by atoms with E-state index in [1.807, 2.05) is 27.7 Å². The van der Waals surface area contributed by atoms with Crippen molar-refractivity contribution in [1.29, 1.82) is 0 Å². The zero-order valence-electron chi connectivity index (χ0n) is 12.3. The van der Waals surface area contributed by atoms with Crippen LogP contribution >= 0.6 is 11.6 Å². The lowest BCUT2D eigenvalue weighted by Gasteiger charge is -2.19. The Kier molecular flexibility index (Phi) is 6.01. The molecule has 0 aliphatic heterocycles. The molecule has 1 aromatic rings. The highest BCUT2D eigenvalue weighted by Gasteiger charge is 2.13. The van der Waals surface area contributed by atoms with Crippen LogP contribution in [0.4, 0.5) is 5.69 Å². The lowest BCUT2D eigenvalue weighted by molar-refractivity contribution is -0.128. The minimum Gasteiger partial charge on any atom is -0.373 e. The predicted octanol–water partition coefficient (Wildman–Crippen LogP) is 1.76. The average molecular weight is 301 g/mol.